The van der Waals surface area contributed by atoms with E-state index in [2.05, 4.69) is 15.3 Å². The number of oxazole rings is 1. The first-order chi connectivity index (χ1) is 13.1. The highest BCUT2D eigenvalue weighted by Crippen LogP contribution is 2.29. The van der Waals surface area contributed by atoms with Crippen LogP contribution in [0.2, 0.25) is 0 Å². The zero-order valence-electron chi connectivity index (χ0n) is 14.9. The molecule has 0 saturated carbocycles. The molecular formula is C18H19N3O4S2. The largest absolute Gasteiger partial charge is 0.466 e. The SMILES string of the molecule is CCOC(=O)Cc1csc(NC(=O)C(CC)Sc2nc3ccccc3o2)n1. The fourth-order valence-corrected chi connectivity index (χ4v) is 3.91. The number of ether oxygens (including phenoxy) is 1. The topological polar surface area (TPSA) is 94.3 Å². The number of thioether (sulfide) groups is 1. The van der Waals surface area contributed by atoms with Gasteiger partial charge < -0.3 is 14.5 Å². The Morgan fingerprint density at radius 3 is 2.85 bits per heavy atom. The summed E-state index contributed by atoms with van der Waals surface area (Å²) < 4.78 is 10.6. The van der Waals surface area contributed by atoms with Gasteiger partial charge >= 0.3 is 5.97 Å². The minimum atomic E-state index is -0.365. The van der Waals surface area contributed by atoms with E-state index in [1.54, 1.807) is 12.3 Å². The number of thiazole rings is 1. The van der Waals surface area contributed by atoms with Crippen molar-refractivity contribution >= 4 is 51.2 Å². The van der Waals surface area contributed by atoms with Crippen molar-refractivity contribution < 1.29 is 18.7 Å². The second-order valence-electron chi connectivity index (χ2n) is 5.58. The number of anilines is 1. The molecule has 2 aromatic heterocycles. The van der Waals surface area contributed by atoms with E-state index in [0.29, 0.717) is 34.7 Å². The number of rotatable bonds is 8. The highest BCUT2D eigenvalue weighted by atomic mass is 32.2. The van der Waals surface area contributed by atoms with Crippen molar-refractivity contribution in [2.75, 3.05) is 11.9 Å². The van der Waals surface area contributed by atoms with Gasteiger partial charge in [0.25, 0.3) is 5.22 Å². The van der Waals surface area contributed by atoms with Crippen molar-refractivity contribution in [2.45, 2.75) is 37.2 Å². The lowest BCUT2D eigenvalue weighted by Gasteiger charge is -2.10. The number of aromatic nitrogens is 2. The molecule has 9 heteroatoms. The van der Waals surface area contributed by atoms with Gasteiger partial charge in [0.05, 0.1) is 24.0 Å². The first kappa shape index (κ1) is 19.4. The summed E-state index contributed by atoms with van der Waals surface area (Å²) in [6.45, 7) is 4.01. The smallest absolute Gasteiger partial charge is 0.311 e. The van der Waals surface area contributed by atoms with Crippen molar-refractivity contribution in [3.63, 3.8) is 0 Å². The standard InChI is InChI=1S/C18H19N3O4S2/c1-3-14(27-18-20-12-7-5-6-8-13(12)25-18)16(23)21-17-19-11(10-26-17)9-15(22)24-4-2/h5-8,10,14H,3-4,9H2,1-2H3,(H,19,21,23). The molecule has 1 atom stereocenters. The fraction of sp³-hybridized carbons (Fsp3) is 0.333. The van der Waals surface area contributed by atoms with Crippen LogP contribution in [0.3, 0.4) is 0 Å². The zero-order valence-corrected chi connectivity index (χ0v) is 16.6. The quantitative estimate of drug-likeness (QED) is 0.449. The molecule has 0 spiro atoms. The predicted molar refractivity (Wildman–Crippen MR) is 105 cm³/mol. The van der Waals surface area contributed by atoms with Gasteiger partial charge in [-0.1, -0.05) is 30.8 Å². The number of amides is 1. The van der Waals surface area contributed by atoms with Crippen LogP contribution in [0, 0.1) is 0 Å². The van der Waals surface area contributed by atoms with Gasteiger partial charge in [-0.25, -0.2) is 9.97 Å². The second kappa shape index (κ2) is 9.01. The maximum Gasteiger partial charge on any atom is 0.311 e. The van der Waals surface area contributed by atoms with Crippen molar-refractivity contribution in [3.8, 4) is 0 Å². The first-order valence-corrected chi connectivity index (χ1v) is 10.3. The van der Waals surface area contributed by atoms with Crippen LogP contribution in [0.25, 0.3) is 11.1 Å². The highest BCUT2D eigenvalue weighted by molar-refractivity contribution is 8.00. The molecule has 27 heavy (non-hydrogen) atoms. The van der Waals surface area contributed by atoms with Gasteiger partial charge in [-0.05, 0) is 25.5 Å². The fourth-order valence-electron chi connectivity index (χ4n) is 2.34. The summed E-state index contributed by atoms with van der Waals surface area (Å²) in [5.41, 5.74) is 2.03. The molecule has 0 aliphatic rings. The minimum Gasteiger partial charge on any atom is -0.466 e. The summed E-state index contributed by atoms with van der Waals surface area (Å²) >= 11 is 2.56. The Balaban J connectivity index is 1.61. The van der Waals surface area contributed by atoms with E-state index in [4.69, 9.17) is 9.15 Å². The Morgan fingerprint density at radius 1 is 1.30 bits per heavy atom. The van der Waals surface area contributed by atoms with Crippen molar-refractivity contribution in [3.05, 3.63) is 35.3 Å². The molecule has 142 valence electrons. The normalized spacial score (nSPS) is 12.1. The first-order valence-electron chi connectivity index (χ1n) is 8.52. The summed E-state index contributed by atoms with van der Waals surface area (Å²) in [6.07, 6.45) is 0.700. The molecule has 0 aliphatic heterocycles. The van der Waals surface area contributed by atoms with Gasteiger partial charge in [0.1, 0.15) is 5.52 Å². The zero-order chi connectivity index (χ0) is 19.2. The molecule has 0 saturated heterocycles. The van der Waals surface area contributed by atoms with Crippen molar-refractivity contribution in [1.82, 2.24) is 9.97 Å². The third-order valence-corrected chi connectivity index (χ3v) is 5.61. The summed E-state index contributed by atoms with van der Waals surface area (Å²) in [5.74, 6) is -0.514. The minimum absolute atomic E-state index is 0.0923. The average molecular weight is 406 g/mol. The molecule has 1 amide bonds. The van der Waals surface area contributed by atoms with Gasteiger partial charge in [-0.2, -0.15) is 0 Å². The third kappa shape index (κ3) is 5.08. The molecular weight excluding hydrogens is 386 g/mol. The number of hydrogen-bond acceptors (Lipinski definition) is 8. The molecule has 2 heterocycles. The van der Waals surface area contributed by atoms with Gasteiger partial charge in [0.15, 0.2) is 10.7 Å². The number of para-hydroxylation sites is 2. The molecule has 0 radical (unpaired) electrons. The van der Waals surface area contributed by atoms with E-state index in [1.165, 1.54) is 23.1 Å². The van der Waals surface area contributed by atoms with Crippen LogP contribution in [0.1, 0.15) is 26.0 Å². The van der Waals surface area contributed by atoms with Crippen LogP contribution < -0.4 is 5.32 Å². The maximum absolute atomic E-state index is 12.6. The lowest BCUT2D eigenvalue weighted by atomic mass is 10.3. The second-order valence-corrected chi connectivity index (χ2v) is 7.59. The Kier molecular flexibility index (Phi) is 6.46. The predicted octanol–water partition coefficient (Wildman–Crippen LogP) is 3.90. The lowest BCUT2D eigenvalue weighted by molar-refractivity contribution is -0.142. The number of fused-ring (bicyclic) bond motifs is 1. The maximum atomic E-state index is 12.6. The molecule has 1 unspecified atom stereocenters. The third-order valence-electron chi connectivity index (χ3n) is 3.59. The van der Waals surface area contributed by atoms with E-state index < -0.39 is 0 Å². The van der Waals surface area contributed by atoms with Crippen LogP contribution in [-0.2, 0) is 20.7 Å². The van der Waals surface area contributed by atoms with Crippen LogP contribution >= 0.6 is 23.1 Å². The molecule has 1 N–H and O–H groups in total. The molecule has 3 rings (SSSR count). The summed E-state index contributed by atoms with van der Waals surface area (Å²) in [6, 6.07) is 7.47. The molecule has 0 bridgehead atoms. The Labute approximate surface area is 164 Å². The van der Waals surface area contributed by atoms with Crippen LogP contribution in [0.4, 0.5) is 5.13 Å². The number of hydrogen-bond donors (Lipinski definition) is 1. The molecule has 1 aromatic carbocycles. The van der Waals surface area contributed by atoms with Gasteiger partial charge in [-0.15, -0.1) is 11.3 Å². The monoisotopic (exact) mass is 405 g/mol. The summed E-state index contributed by atoms with van der Waals surface area (Å²) in [4.78, 5) is 32.7. The van der Waals surface area contributed by atoms with E-state index >= 15 is 0 Å². The number of carbonyl (C=O) groups excluding carboxylic acids is 2. The van der Waals surface area contributed by atoms with E-state index in [-0.39, 0.29) is 23.5 Å². The molecule has 3 aromatic rings. The van der Waals surface area contributed by atoms with E-state index in [9.17, 15) is 9.59 Å². The van der Waals surface area contributed by atoms with Crippen LogP contribution in [0.15, 0.2) is 39.3 Å². The van der Waals surface area contributed by atoms with E-state index in [0.717, 1.165) is 5.52 Å². The Bertz CT molecular complexity index is 904. The highest BCUT2D eigenvalue weighted by Gasteiger charge is 2.22. The Morgan fingerprint density at radius 2 is 2.11 bits per heavy atom. The van der Waals surface area contributed by atoms with Gasteiger partial charge in [-0.3, -0.25) is 9.59 Å². The number of esters is 1. The molecule has 0 fully saturated rings. The van der Waals surface area contributed by atoms with Crippen LogP contribution in [-0.4, -0.2) is 33.7 Å². The summed E-state index contributed by atoms with van der Waals surface area (Å²) in [7, 11) is 0. The number of nitrogens with zero attached hydrogens (tertiary/aromatic N) is 2. The molecule has 7 nitrogen and oxygen atoms in total. The average Bonchev–Trinajstić information content (AvgIpc) is 3.25. The van der Waals surface area contributed by atoms with Crippen molar-refractivity contribution in [2.24, 2.45) is 0 Å². The number of nitrogens with one attached hydrogen (secondary N) is 1. The Hall–Kier alpha value is -2.39. The molecule has 0 aliphatic carbocycles. The lowest BCUT2D eigenvalue weighted by Crippen LogP contribution is -2.24. The number of carbonyl (C=O) groups is 2. The van der Waals surface area contributed by atoms with Gasteiger partial charge in [0, 0.05) is 5.38 Å². The van der Waals surface area contributed by atoms with Gasteiger partial charge in [0.2, 0.25) is 5.91 Å². The van der Waals surface area contributed by atoms with Crippen LogP contribution in [0.5, 0.6) is 0 Å². The van der Waals surface area contributed by atoms with E-state index in [1.807, 2.05) is 31.2 Å². The summed E-state index contributed by atoms with van der Waals surface area (Å²) in [5, 5.41) is 5.08. The van der Waals surface area contributed by atoms with Crippen molar-refractivity contribution in [1.29, 1.82) is 0 Å². The number of benzene rings is 1.